The molecule has 1 aliphatic carbocycles. The Hall–Kier alpha value is -7.94. The average Bonchev–Trinajstić information content (AvgIpc) is 3.64. The summed E-state index contributed by atoms with van der Waals surface area (Å²) in [5, 5.41) is 4.85. The van der Waals surface area contributed by atoms with Crippen LogP contribution in [0.25, 0.3) is 77.2 Å². The smallest absolute Gasteiger partial charge is 0.136 e. The van der Waals surface area contributed by atoms with E-state index in [0.29, 0.717) is 0 Å². The van der Waals surface area contributed by atoms with Crippen molar-refractivity contribution in [3.63, 3.8) is 0 Å². The maximum absolute atomic E-state index is 6.74. The molecule has 0 aliphatic heterocycles. The van der Waals surface area contributed by atoms with Crippen LogP contribution in [0.3, 0.4) is 0 Å². The van der Waals surface area contributed by atoms with Crippen LogP contribution in [0.15, 0.2) is 235 Å². The van der Waals surface area contributed by atoms with Crippen molar-refractivity contribution in [1.82, 2.24) is 0 Å². The summed E-state index contributed by atoms with van der Waals surface area (Å²) in [5.74, 6) is 0.0661. The third-order valence-corrected chi connectivity index (χ3v) is 13.1. The molecule has 0 fully saturated rings. The van der Waals surface area contributed by atoms with E-state index < -0.39 is 0 Å². The van der Waals surface area contributed by atoms with Crippen molar-refractivity contribution in [2.24, 2.45) is 0 Å². The average molecular weight is 806 g/mol. The van der Waals surface area contributed by atoms with Crippen LogP contribution in [-0.2, 0) is 6.42 Å². The second-order valence-electron chi connectivity index (χ2n) is 16.7. The topological polar surface area (TPSA) is 16.4 Å². The van der Waals surface area contributed by atoms with Crippen LogP contribution in [0.5, 0.6) is 0 Å². The first-order valence-corrected chi connectivity index (χ1v) is 22.0. The highest BCUT2D eigenvalue weighted by molar-refractivity contribution is 6.17. The fourth-order valence-corrected chi connectivity index (χ4v) is 10.4. The second kappa shape index (κ2) is 15.5. The van der Waals surface area contributed by atoms with Crippen LogP contribution in [0, 0.1) is 0 Å². The molecule has 11 aromatic rings. The fraction of sp³-hybridized carbons (Fsp3) is 0.0492. The Morgan fingerprint density at radius 1 is 0.413 bits per heavy atom. The molecule has 1 aliphatic rings. The molecule has 2 heteroatoms. The molecule has 1 atom stereocenters. The Kier molecular flexibility index (Phi) is 9.08. The van der Waals surface area contributed by atoms with Crippen LogP contribution in [0.1, 0.15) is 29.0 Å². The number of benzene rings is 10. The minimum absolute atomic E-state index is 0.0661. The van der Waals surface area contributed by atoms with Gasteiger partial charge < -0.3 is 9.32 Å². The molecule has 12 rings (SSSR count). The zero-order valence-electron chi connectivity index (χ0n) is 34.8. The molecule has 0 radical (unpaired) electrons. The van der Waals surface area contributed by atoms with E-state index >= 15 is 0 Å². The van der Waals surface area contributed by atoms with Gasteiger partial charge in [0, 0.05) is 33.5 Å². The summed E-state index contributed by atoms with van der Waals surface area (Å²) in [4.78, 5) is 2.53. The lowest BCUT2D eigenvalue weighted by Crippen LogP contribution is -2.16. The summed E-state index contributed by atoms with van der Waals surface area (Å²) < 4.78 is 6.74. The van der Waals surface area contributed by atoms with Crippen molar-refractivity contribution in [2.45, 2.75) is 18.8 Å². The Bertz CT molecular complexity index is 3440. The number of hydrogen-bond donors (Lipinski definition) is 0. The summed E-state index contributed by atoms with van der Waals surface area (Å²) in [5.41, 5.74) is 18.9. The first-order valence-electron chi connectivity index (χ1n) is 22.0. The van der Waals surface area contributed by atoms with Crippen molar-refractivity contribution >= 4 is 49.8 Å². The van der Waals surface area contributed by atoms with Gasteiger partial charge in [-0.3, -0.25) is 0 Å². The highest BCUT2D eigenvalue weighted by Crippen LogP contribution is 2.55. The molecule has 0 bridgehead atoms. The van der Waals surface area contributed by atoms with Crippen LogP contribution < -0.4 is 4.90 Å². The zero-order valence-corrected chi connectivity index (χ0v) is 34.8. The van der Waals surface area contributed by atoms with Gasteiger partial charge in [0.05, 0.1) is 11.4 Å². The van der Waals surface area contributed by atoms with Gasteiger partial charge in [0.25, 0.3) is 0 Å². The molecular weight excluding hydrogens is 763 g/mol. The molecule has 0 saturated heterocycles. The lowest BCUT2D eigenvalue weighted by Gasteiger charge is -2.33. The van der Waals surface area contributed by atoms with Gasteiger partial charge in [-0.25, -0.2) is 0 Å². The molecular formula is C61H43NO. The van der Waals surface area contributed by atoms with E-state index in [1.807, 2.05) is 0 Å². The van der Waals surface area contributed by atoms with Gasteiger partial charge in [0.15, 0.2) is 0 Å². The zero-order chi connectivity index (χ0) is 41.7. The molecule has 1 aromatic heterocycles. The number of aryl methyl sites for hydroxylation is 1. The van der Waals surface area contributed by atoms with E-state index in [-0.39, 0.29) is 5.92 Å². The molecule has 298 valence electrons. The number of rotatable bonds is 7. The Balaban J connectivity index is 1.20. The third kappa shape index (κ3) is 6.34. The van der Waals surface area contributed by atoms with Gasteiger partial charge in [-0.2, -0.15) is 0 Å². The van der Waals surface area contributed by atoms with Gasteiger partial charge in [-0.05, 0) is 110 Å². The minimum atomic E-state index is 0.0661. The second-order valence-corrected chi connectivity index (χ2v) is 16.7. The van der Waals surface area contributed by atoms with E-state index in [9.17, 15) is 0 Å². The Morgan fingerprint density at radius 3 is 1.79 bits per heavy atom. The summed E-state index contributed by atoms with van der Waals surface area (Å²) in [6, 6.07) is 84.2. The summed E-state index contributed by atoms with van der Waals surface area (Å²) >= 11 is 0. The van der Waals surface area contributed by atoms with E-state index in [1.54, 1.807) is 0 Å². The molecule has 1 unspecified atom stereocenters. The van der Waals surface area contributed by atoms with Gasteiger partial charge >= 0.3 is 0 Å². The standard InChI is InChI=1S/C61H43NO/c1-4-18-41(19-5-1)42-34-37-47(38-35-42)62(54-31-14-12-27-49(54)44-20-6-2-7-21-44)55-32-17-30-53-58-46(36-39-51(60(53)55)50-29-16-25-43-22-10-11-26-48(43)50)40-57-61(52-28-13-15-33-56(52)63-57)59(58)45-23-8-3-9-24-45/h1-35,37-38,40,51H,36,39H2. The van der Waals surface area contributed by atoms with Gasteiger partial charge in [-0.1, -0.05) is 194 Å². The number of furan rings is 1. The van der Waals surface area contributed by atoms with E-state index in [2.05, 4.69) is 235 Å². The minimum Gasteiger partial charge on any atom is -0.456 e. The maximum Gasteiger partial charge on any atom is 0.136 e. The highest BCUT2D eigenvalue weighted by Gasteiger charge is 2.33. The molecule has 0 spiro atoms. The van der Waals surface area contributed by atoms with E-state index in [4.69, 9.17) is 4.42 Å². The quantitative estimate of drug-likeness (QED) is 0.160. The molecule has 2 nitrogen and oxygen atoms in total. The van der Waals surface area contributed by atoms with Gasteiger partial charge in [0.1, 0.15) is 11.2 Å². The number of hydrogen-bond acceptors (Lipinski definition) is 2. The molecule has 0 N–H and O–H groups in total. The van der Waals surface area contributed by atoms with Gasteiger partial charge in [0.2, 0.25) is 0 Å². The predicted octanol–water partition coefficient (Wildman–Crippen LogP) is 17.0. The SMILES string of the molecule is c1ccc(-c2ccc(N(c3ccccc3-c3ccccc3)c3cccc4c3C(c3cccc5ccccc35)CCc3cc5oc6ccccc6c5c(-c5ccccc5)c3-4)cc2)cc1. The predicted molar refractivity (Wildman–Crippen MR) is 264 cm³/mol. The summed E-state index contributed by atoms with van der Waals surface area (Å²) in [6.07, 6.45) is 1.81. The van der Waals surface area contributed by atoms with E-state index in [0.717, 1.165) is 40.8 Å². The molecule has 0 amide bonds. The van der Waals surface area contributed by atoms with Crippen molar-refractivity contribution in [3.05, 3.63) is 247 Å². The maximum atomic E-state index is 6.74. The summed E-state index contributed by atoms with van der Waals surface area (Å²) in [6.45, 7) is 0. The molecule has 1 heterocycles. The lowest BCUT2D eigenvalue weighted by molar-refractivity contribution is 0.667. The van der Waals surface area contributed by atoms with Crippen molar-refractivity contribution in [2.75, 3.05) is 4.90 Å². The van der Waals surface area contributed by atoms with Crippen LogP contribution in [0.4, 0.5) is 17.1 Å². The van der Waals surface area contributed by atoms with Crippen LogP contribution in [-0.4, -0.2) is 0 Å². The van der Waals surface area contributed by atoms with Crippen molar-refractivity contribution in [3.8, 4) is 44.5 Å². The fourth-order valence-electron chi connectivity index (χ4n) is 10.4. The van der Waals surface area contributed by atoms with Gasteiger partial charge in [-0.15, -0.1) is 0 Å². The van der Waals surface area contributed by atoms with E-state index in [1.165, 1.54) is 83.0 Å². The number of fused-ring (bicyclic) bond motifs is 7. The molecule has 10 aromatic carbocycles. The largest absolute Gasteiger partial charge is 0.456 e. The first kappa shape index (κ1) is 36.9. The Morgan fingerprint density at radius 2 is 1.00 bits per heavy atom. The summed E-state index contributed by atoms with van der Waals surface area (Å²) in [7, 11) is 0. The molecule has 63 heavy (non-hydrogen) atoms. The lowest BCUT2D eigenvalue weighted by atomic mass is 9.81. The number of nitrogens with zero attached hydrogens (tertiary/aromatic N) is 1. The highest BCUT2D eigenvalue weighted by atomic mass is 16.3. The van der Waals surface area contributed by atoms with Crippen molar-refractivity contribution < 1.29 is 4.42 Å². The third-order valence-electron chi connectivity index (χ3n) is 13.1. The first-order chi connectivity index (χ1) is 31.3. The number of para-hydroxylation sites is 2. The normalized spacial score (nSPS) is 13.4. The van der Waals surface area contributed by atoms with Crippen molar-refractivity contribution in [1.29, 1.82) is 0 Å². The monoisotopic (exact) mass is 805 g/mol. The van der Waals surface area contributed by atoms with Crippen LogP contribution >= 0.6 is 0 Å². The Labute approximate surface area is 368 Å². The molecule has 0 saturated carbocycles. The van der Waals surface area contributed by atoms with Crippen LogP contribution in [0.2, 0.25) is 0 Å². The number of anilines is 3.